The molecule has 22 heavy (non-hydrogen) atoms. The van der Waals surface area contributed by atoms with Crippen molar-refractivity contribution in [1.82, 2.24) is 0 Å². The third kappa shape index (κ3) is 4.97. The number of para-hydroxylation sites is 1. The average Bonchev–Trinajstić information content (AvgIpc) is 2.49. The third-order valence-electron chi connectivity index (χ3n) is 3.16. The fourth-order valence-corrected chi connectivity index (χ4v) is 2.55. The first-order valence-corrected chi connectivity index (χ1v) is 8.34. The maximum atomic E-state index is 6.02. The third-order valence-corrected chi connectivity index (χ3v) is 4.23. The molecule has 5 heteroatoms. The van der Waals surface area contributed by atoms with Crippen LogP contribution in [0.4, 0.5) is 5.69 Å². The van der Waals surface area contributed by atoms with Gasteiger partial charge in [-0.15, -0.1) is 0 Å². The number of hydrogen-bond donors (Lipinski definition) is 1. The Labute approximate surface area is 140 Å². The Bertz CT molecular complexity index is 673. The summed E-state index contributed by atoms with van der Waals surface area (Å²) in [6.45, 7) is 4.67. The standard InChI is InChI=1S/C17H19ClN2OS/c1-12-7-8-14(11-13(12)2)20-17(19)22-10-9-21-16-6-4-3-5-15(16)18/h3-8,11H,9-10H2,1-2H3,(H2,19,20). The summed E-state index contributed by atoms with van der Waals surface area (Å²) in [6, 6.07) is 13.5. The SMILES string of the molecule is Cc1ccc(N=C(N)SCCOc2ccccc2Cl)cc1C. The van der Waals surface area contributed by atoms with Crippen LogP contribution in [0.15, 0.2) is 47.5 Å². The molecule has 0 saturated heterocycles. The van der Waals surface area contributed by atoms with Gasteiger partial charge in [-0.25, -0.2) is 4.99 Å². The van der Waals surface area contributed by atoms with Gasteiger partial charge < -0.3 is 10.5 Å². The van der Waals surface area contributed by atoms with Gasteiger partial charge in [0.2, 0.25) is 0 Å². The number of thioether (sulfide) groups is 1. The summed E-state index contributed by atoms with van der Waals surface area (Å²) in [4.78, 5) is 4.40. The number of ether oxygens (including phenoxy) is 1. The van der Waals surface area contributed by atoms with Crippen LogP contribution in [0.3, 0.4) is 0 Å². The quantitative estimate of drug-likeness (QED) is 0.489. The first kappa shape index (κ1) is 16.7. The minimum absolute atomic E-state index is 0.525. The summed E-state index contributed by atoms with van der Waals surface area (Å²) in [7, 11) is 0. The van der Waals surface area contributed by atoms with E-state index in [2.05, 4.69) is 18.8 Å². The number of amidine groups is 1. The van der Waals surface area contributed by atoms with Crippen LogP contribution in [0.25, 0.3) is 0 Å². The van der Waals surface area contributed by atoms with E-state index in [9.17, 15) is 0 Å². The van der Waals surface area contributed by atoms with Gasteiger partial charge in [0.25, 0.3) is 0 Å². The van der Waals surface area contributed by atoms with Crippen LogP contribution in [-0.2, 0) is 0 Å². The smallest absolute Gasteiger partial charge is 0.159 e. The number of aliphatic imine (C=N–C) groups is 1. The van der Waals surface area contributed by atoms with Gasteiger partial charge in [-0.3, -0.25) is 0 Å². The molecule has 0 radical (unpaired) electrons. The van der Waals surface area contributed by atoms with E-state index >= 15 is 0 Å². The van der Waals surface area contributed by atoms with Gasteiger partial charge in [-0.1, -0.05) is 41.6 Å². The minimum Gasteiger partial charge on any atom is -0.491 e. The van der Waals surface area contributed by atoms with E-state index in [1.807, 2.05) is 36.4 Å². The molecule has 0 aliphatic rings. The highest BCUT2D eigenvalue weighted by Gasteiger charge is 2.01. The fraction of sp³-hybridized carbons (Fsp3) is 0.235. The normalized spacial score (nSPS) is 11.5. The van der Waals surface area contributed by atoms with Gasteiger partial charge in [0.05, 0.1) is 17.3 Å². The zero-order chi connectivity index (χ0) is 15.9. The van der Waals surface area contributed by atoms with Crippen molar-refractivity contribution in [2.45, 2.75) is 13.8 Å². The molecule has 0 heterocycles. The molecular weight excluding hydrogens is 316 g/mol. The number of hydrogen-bond acceptors (Lipinski definition) is 3. The lowest BCUT2D eigenvalue weighted by molar-refractivity contribution is 0.344. The first-order chi connectivity index (χ1) is 10.6. The maximum Gasteiger partial charge on any atom is 0.159 e. The van der Waals surface area contributed by atoms with Crippen LogP contribution in [0.5, 0.6) is 5.75 Å². The van der Waals surface area contributed by atoms with Crippen LogP contribution < -0.4 is 10.5 Å². The van der Waals surface area contributed by atoms with Crippen molar-refractivity contribution in [2.75, 3.05) is 12.4 Å². The lowest BCUT2D eigenvalue weighted by Crippen LogP contribution is -2.10. The van der Waals surface area contributed by atoms with Gasteiger partial charge in [-0.2, -0.15) is 0 Å². The van der Waals surface area contributed by atoms with Crippen LogP contribution in [-0.4, -0.2) is 17.5 Å². The minimum atomic E-state index is 0.525. The molecule has 0 spiro atoms. The molecule has 0 unspecified atom stereocenters. The summed E-state index contributed by atoms with van der Waals surface area (Å²) in [5, 5.41) is 1.15. The number of benzene rings is 2. The second-order valence-electron chi connectivity index (χ2n) is 4.85. The Morgan fingerprint density at radius 3 is 2.68 bits per heavy atom. The Balaban J connectivity index is 1.82. The summed E-state index contributed by atoms with van der Waals surface area (Å²) in [5.74, 6) is 1.40. The van der Waals surface area contributed by atoms with Crippen LogP contribution in [0, 0.1) is 13.8 Å². The number of rotatable bonds is 5. The van der Waals surface area contributed by atoms with E-state index in [1.54, 1.807) is 6.07 Å². The van der Waals surface area contributed by atoms with Crippen molar-refractivity contribution in [3.05, 3.63) is 58.6 Å². The summed E-state index contributed by atoms with van der Waals surface area (Å²) >= 11 is 7.49. The summed E-state index contributed by atoms with van der Waals surface area (Å²) in [6.07, 6.45) is 0. The Kier molecular flexibility index (Phi) is 6.16. The van der Waals surface area contributed by atoms with Crippen molar-refractivity contribution < 1.29 is 4.74 Å². The van der Waals surface area contributed by atoms with E-state index < -0.39 is 0 Å². The lowest BCUT2D eigenvalue weighted by Gasteiger charge is -2.07. The zero-order valence-corrected chi connectivity index (χ0v) is 14.2. The molecule has 2 N–H and O–H groups in total. The molecule has 0 aliphatic heterocycles. The molecule has 0 aromatic heterocycles. The van der Waals surface area contributed by atoms with Crippen LogP contribution in [0.2, 0.25) is 5.02 Å². The van der Waals surface area contributed by atoms with Gasteiger partial charge in [0, 0.05) is 5.75 Å². The molecule has 0 aliphatic carbocycles. The highest BCUT2D eigenvalue weighted by molar-refractivity contribution is 8.13. The van der Waals surface area contributed by atoms with Crippen LogP contribution >= 0.6 is 23.4 Å². The molecule has 0 amide bonds. The van der Waals surface area contributed by atoms with Crippen LogP contribution in [0.1, 0.15) is 11.1 Å². The Hall–Kier alpha value is -1.65. The number of halogens is 1. The lowest BCUT2D eigenvalue weighted by atomic mass is 10.1. The molecule has 0 atom stereocenters. The summed E-state index contributed by atoms with van der Waals surface area (Å²) in [5.41, 5.74) is 9.27. The number of nitrogens with zero attached hydrogens (tertiary/aromatic N) is 1. The first-order valence-electron chi connectivity index (χ1n) is 6.98. The van der Waals surface area contributed by atoms with Gasteiger partial charge in [0.15, 0.2) is 5.17 Å². The van der Waals surface area contributed by atoms with Crippen molar-refractivity contribution in [1.29, 1.82) is 0 Å². The Morgan fingerprint density at radius 2 is 1.95 bits per heavy atom. The Morgan fingerprint density at radius 1 is 1.18 bits per heavy atom. The number of aryl methyl sites for hydroxylation is 2. The molecule has 0 saturated carbocycles. The highest BCUT2D eigenvalue weighted by atomic mass is 35.5. The molecule has 0 bridgehead atoms. The maximum absolute atomic E-state index is 6.02. The predicted octanol–water partition coefficient (Wildman–Crippen LogP) is 4.72. The van der Waals surface area contributed by atoms with Crippen molar-refractivity contribution in [3.63, 3.8) is 0 Å². The fourth-order valence-electron chi connectivity index (χ4n) is 1.81. The topological polar surface area (TPSA) is 47.6 Å². The zero-order valence-electron chi connectivity index (χ0n) is 12.7. The van der Waals surface area contributed by atoms with E-state index in [4.69, 9.17) is 22.1 Å². The second kappa shape index (κ2) is 8.11. The highest BCUT2D eigenvalue weighted by Crippen LogP contribution is 2.23. The van der Waals surface area contributed by atoms with E-state index in [0.717, 1.165) is 5.69 Å². The molecular formula is C17H19ClN2OS. The molecule has 3 nitrogen and oxygen atoms in total. The predicted molar refractivity (Wildman–Crippen MR) is 96.6 cm³/mol. The molecule has 0 fully saturated rings. The van der Waals surface area contributed by atoms with Gasteiger partial charge in [-0.05, 0) is 49.2 Å². The van der Waals surface area contributed by atoms with Gasteiger partial charge in [0.1, 0.15) is 5.75 Å². The number of nitrogens with two attached hydrogens (primary N) is 1. The molecule has 2 aromatic rings. The van der Waals surface area contributed by atoms with E-state index in [-0.39, 0.29) is 0 Å². The van der Waals surface area contributed by atoms with Gasteiger partial charge >= 0.3 is 0 Å². The molecule has 116 valence electrons. The summed E-state index contributed by atoms with van der Waals surface area (Å²) < 4.78 is 5.61. The van der Waals surface area contributed by atoms with Crippen molar-refractivity contribution >= 4 is 34.2 Å². The monoisotopic (exact) mass is 334 g/mol. The average molecular weight is 335 g/mol. The largest absolute Gasteiger partial charge is 0.491 e. The van der Waals surface area contributed by atoms with E-state index in [0.29, 0.717) is 28.3 Å². The molecule has 2 aromatic carbocycles. The second-order valence-corrected chi connectivity index (χ2v) is 6.37. The van der Waals surface area contributed by atoms with E-state index in [1.165, 1.54) is 22.9 Å². The van der Waals surface area contributed by atoms with Crippen molar-refractivity contribution in [2.24, 2.45) is 10.7 Å². The molecule has 2 rings (SSSR count). The van der Waals surface area contributed by atoms with Crippen molar-refractivity contribution in [3.8, 4) is 5.75 Å².